The third-order valence-corrected chi connectivity index (χ3v) is 2.21. The van der Waals surface area contributed by atoms with Crippen molar-refractivity contribution in [3.63, 3.8) is 0 Å². The van der Waals surface area contributed by atoms with E-state index in [0.717, 1.165) is 5.56 Å². The van der Waals surface area contributed by atoms with Crippen molar-refractivity contribution in [1.82, 2.24) is 0 Å². The van der Waals surface area contributed by atoms with Crippen LogP contribution >= 0.6 is 11.6 Å². The van der Waals surface area contributed by atoms with Gasteiger partial charge in [0.25, 0.3) is 0 Å². The lowest BCUT2D eigenvalue weighted by molar-refractivity contribution is -0.133. The van der Waals surface area contributed by atoms with Crippen molar-refractivity contribution < 1.29 is 9.90 Å². The lowest BCUT2D eigenvalue weighted by atomic mass is 9.97. The van der Waals surface area contributed by atoms with Crippen LogP contribution in [0, 0.1) is 0 Å². The molecule has 0 unspecified atom stereocenters. The lowest BCUT2D eigenvalue weighted by Crippen LogP contribution is -2.32. The van der Waals surface area contributed by atoms with Gasteiger partial charge >= 0.3 is 0 Å². The molecule has 1 aromatic rings. The first-order valence-electron chi connectivity index (χ1n) is 4.40. The van der Waals surface area contributed by atoms with E-state index in [1.807, 2.05) is 0 Å². The molecule has 1 N–H and O–H groups in total. The molecule has 14 heavy (non-hydrogen) atoms. The number of carbonyl (C=O) groups is 1. The standard InChI is InChI=1S/C11H13ClO2/c1-11(2,14)10(13)7-8-3-5-9(12)6-4-8/h3-6,14H,7H2,1-2H3. The first-order chi connectivity index (χ1) is 6.39. The van der Waals surface area contributed by atoms with Gasteiger partial charge in [0.15, 0.2) is 5.78 Å². The van der Waals surface area contributed by atoms with Crippen molar-refractivity contribution in [2.24, 2.45) is 0 Å². The van der Waals surface area contributed by atoms with E-state index in [2.05, 4.69) is 0 Å². The van der Waals surface area contributed by atoms with Gasteiger partial charge in [-0.1, -0.05) is 23.7 Å². The Morgan fingerprint density at radius 1 is 1.36 bits per heavy atom. The van der Waals surface area contributed by atoms with E-state index in [1.165, 1.54) is 13.8 Å². The molecule has 0 radical (unpaired) electrons. The van der Waals surface area contributed by atoms with Gasteiger partial charge in [-0.05, 0) is 31.5 Å². The predicted octanol–water partition coefficient (Wildman–Crippen LogP) is 2.22. The van der Waals surface area contributed by atoms with E-state index >= 15 is 0 Å². The van der Waals surface area contributed by atoms with Gasteiger partial charge in [0.2, 0.25) is 0 Å². The van der Waals surface area contributed by atoms with E-state index in [0.29, 0.717) is 5.02 Å². The Kier molecular flexibility index (Phi) is 3.29. The second-order valence-electron chi connectivity index (χ2n) is 3.79. The molecule has 1 rings (SSSR count). The molecule has 1 aromatic carbocycles. The summed E-state index contributed by atoms with van der Waals surface area (Å²) < 4.78 is 0. The zero-order valence-corrected chi connectivity index (χ0v) is 9.01. The molecule has 76 valence electrons. The molecule has 0 aromatic heterocycles. The van der Waals surface area contributed by atoms with Gasteiger partial charge in [0, 0.05) is 11.4 Å². The minimum atomic E-state index is -1.26. The number of aliphatic hydroxyl groups is 1. The molecule has 0 aliphatic carbocycles. The first-order valence-corrected chi connectivity index (χ1v) is 4.77. The zero-order valence-electron chi connectivity index (χ0n) is 8.25. The Hall–Kier alpha value is -0.860. The van der Waals surface area contributed by atoms with Crippen LogP contribution in [0.3, 0.4) is 0 Å². The number of rotatable bonds is 3. The SMILES string of the molecule is CC(C)(O)C(=O)Cc1ccc(Cl)cc1. The Labute approximate surface area is 88.5 Å². The highest BCUT2D eigenvalue weighted by Gasteiger charge is 2.23. The Balaban J connectivity index is 2.71. The van der Waals surface area contributed by atoms with Crippen LogP contribution in [0.1, 0.15) is 19.4 Å². The second kappa shape index (κ2) is 4.11. The van der Waals surface area contributed by atoms with Gasteiger partial charge in [-0.15, -0.1) is 0 Å². The molecule has 0 spiro atoms. The van der Waals surface area contributed by atoms with Crippen LogP contribution in [0.2, 0.25) is 5.02 Å². The molecule has 0 heterocycles. The maximum Gasteiger partial charge on any atom is 0.168 e. The fraction of sp³-hybridized carbons (Fsp3) is 0.364. The fourth-order valence-electron chi connectivity index (χ4n) is 1.00. The summed E-state index contributed by atoms with van der Waals surface area (Å²) >= 11 is 5.70. The first kappa shape index (κ1) is 11.2. The summed E-state index contributed by atoms with van der Waals surface area (Å²) in [6.07, 6.45) is 0.237. The second-order valence-corrected chi connectivity index (χ2v) is 4.22. The fourth-order valence-corrected chi connectivity index (χ4v) is 1.13. The van der Waals surface area contributed by atoms with Crippen LogP contribution in [0.5, 0.6) is 0 Å². The Morgan fingerprint density at radius 3 is 2.29 bits per heavy atom. The molecule has 2 nitrogen and oxygen atoms in total. The molecular formula is C11H13ClO2. The minimum Gasteiger partial charge on any atom is -0.383 e. The van der Waals surface area contributed by atoms with E-state index < -0.39 is 5.60 Å². The van der Waals surface area contributed by atoms with Crippen LogP contribution < -0.4 is 0 Å². The molecule has 0 aliphatic rings. The van der Waals surface area contributed by atoms with Gasteiger partial charge in [-0.3, -0.25) is 4.79 Å². The van der Waals surface area contributed by atoms with Gasteiger partial charge in [0.05, 0.1) is 0 Å². The highest BCUT2D eigenvalue weighted by molar-refractivity contribution is 6.30. The number of ketones is 1. The van der Waals surface area contributed by atoms with Gasteiger partial charge in [-0.25, -0.2) is 0 Å². The normalized spacial score (nSPS) is 11.4. The van der Waals surface area contributed by atoms with Crippen LogP contribution in [-0.2, 0) is 11.2 Å². The van der Waals surface area contributed by atoms with Crippen LogP contribution in [0.15, 0.2) is 24.3 Å². The summed E-state index contributed by atoms with van der Waals surface area (Å²) in [7, 11) is 0. The topological polar surface area (TPSA) is 37.3 Å². The van der Waals surface area contributed by atoms with E-state index in [4.69, 9.17) is 11.6 Å². The summed E-state index contributed by atoms with van der Waals surface area (Å²) in [6, 6.07) is 7.03. The van der Waals surface area contributed by atoms with Crippen LogP contribution in [0.25, 0.3) is 0 Å². The number of carbonyl (C=O) groups excluding carboxylic acids is 1. The number of hydrogen-bond acceptors (Lipinski definition) is 2. The lowest BCUT2D eigenvalue weighted by Gasteiger charge is -2.15. The third-order valence-electron chi connectivity index (χ3n) is 1.96. The van der Waals surface area contributed by atoms with Crippen molar-refractivity contribution in [2.45, 2.75) is 25.9 Å². The maximum atomic E-state index is 11.4. The molecule has 0 atom stereocenters. The molecule has 0 fully saturated rings. The van der Waals surface area contributed by atoms with Crippen molar-refractivity contribution in [2.75, 3.05) is 0 Å². The summed E-state index contributed by atoms with van der Waals surface area (Å²) in [6.45, 7) is 2.98. The summed E-state index contributed by atoms with van der Waals surface area (Å²) in [5, 5.41) is 10.1. The average Bonchev–Trinajstić information content (AvgIpc) is 2.07. The highest BCUT2D eigenvalue weighted by Crippen LogP contribution is 2.13. The maximum absolute atomic E-state index is 11.4. The Morgan fingerprint density at radius 2 is 1.86 bits per heavy atom. The summed E-state index contributed by atoms with van der Waals surface area (Å²) in [5.74, 6) is -0.195. The van der Waals surface area contributed by atoms with Gasteiger partial charge in [0.1, 0.15) is 5.60 Å². The summed E-state index contributed by atoms with van der Waals surface area (Å²) in [4.78, 5) is 11.4. The minimum absolute atomic E-state index is 0.195. The third kappa shape index (κ3) is 3.13. The number of benzene rings is 1. The average molecular weight is 213 g/mol. The quantitative estimate of drug-likeness (QED) is 0.834. The van der Waals surface area contributed by atoms with E-state index in [1.54, 1.807) is 24.3 Å². The Bertz CT molecular complexity index is 322. The molecule has 0 aliphatic heterocycles. The van der Waals surface area contributed by atoms with Crippen LogP contribution in [-0.4, -0.2) is 16.5 Å². The van der Waals surface area contributed by atoms with Crippen LogP contribution in [0.4, 0.5) is 0 Å². The number of halogens is 1. The molecule has 0 bridgehead atoms. The van der Waals surface area contributed by atoms with Crippen molar-refractivity contribution in [1.29, 1.82) is 0 Å². The molecule has 3 heteroatoms. The summed E-state index contributed by atoms with van der Waals surface area (Å²) in [5.41, 5.74) is -0.402. The number of hydrogen-bond donors (Lipinski definition) is 1. The zero-order chi connectivity index (χ0) is 10.8. The van der Waals surface area contributed by atoms with E-state index in [-0.39, 0.29) is 12.2 Å². The molecule has 0 amide bonds. The van der Waals surface area contributed by atoms with E-state index in [9.17, 15) is 9.90 Å². The van der Waals surface area contributed by atoms with Gasteiger partial charge < -0.3 is 5.11 Å². The molecule has 0 saturated carbocycles. The van der Waals surface area contributed by atoms with Crippen molar-refractivity contribution in [3.8, 4) is 0 Å². The monoisotopic (exact) mass is 212 g/mol. The largest absolute Gasteiger partial charge is 0.383 e. The van der Waals surface area contributed by atoms with Crippen molar-refractivity contribution in [3.05, 3.63) is 34.9 Å². The number of Topliss-reactive ketones (excluding diaryl/α,β-unsaturated/α-hetero) is 1. The highest BCUT2D eigenvalue weighted by atomic mass is 35.5. The van der Waals surface area contributed by atoms with Crippen molar-refractivity contribution >= 4 is 17.4 Å². The molecule has 0 saturated heterocycles. The predicted molar refractivity (Wildman–Crippen MR) is 56.5 cm³/mol. The molecular weight excluding hydrogens is 200 g/mol. The van der Waals surface area contributed by atoms with Gasteiger partial charge in [-0.2, -0.15) is 0 Å². The smallest absolute Gasteiger partial charge is 0.168 e.